The first kappa shape index (κ1) is 11.4. The lowest BCUT2D eigenvalue weighted by Crippen LogP contribution is -2.39. The van der Waals surface area contributed by atoms with Gasteiger partial charge in [0.15, 0.2) is 10.7 Å². The summed E-state index contributed by atoms with van der Waals surface area (Å²) in [6.45, 7) is 5.65. The minimum atomic E-state index is 0.143. The van der Waals surface area contributed by atoms with Crippen molar-refractivity contribution in [2.45, 2.75) is 12.4 Å². The number of hydrogen-bond acceptors (Lipinski definition) is 5. The van der Waals surface area contributed by atoms with Crippen LogP contribution in [0.25, 0.3) is 0 Å². The monoisotopic (exact) mass is 227 g/mol. The highest BCUT2D eigenvalue weighted by molar-refractivity contribution is 8.15. The fourth-order valence-corrected chi connectivity index (χ4v) is 2.13. The number of hydrogen-bond donors (Lipinski definition) is 1. The number of amidine groups is 1. The molecule has 0 radical (unpaired) electrons. The van der Waals surface area contributed by atoms with Crippen molar-refractivity contribution in [2.75, 3.05) is 5.75 Å². The molecule has 0 saturated heterocycles. The molecule has 1 heterocycles. The molecule has 0 amide bonds. The van der Waals surface area contributed by atoms with Gasteiger partial charge >= 0.3 is 0 Å². The molecule has 1 atom stereocenters. The van der Waals surface area contributed by atoms with Crippen LogP contribution >= 0.6 is 23.5 Å². The number of aliphatic imine (C=N–C) groups is 2. The molecule has 0 aliphatic carbocycles. The molecule has 3 nitrogen and oxygen atoms in total. The highest BCUT2D eigenvalue weighted by Gasteiger charge is 2.18. The molecule has 1 aliphatic heterocycles. The third-order valence-corrected chi connectivity index (χ3v) is 2.83. The van der Waals surface area contributed by atoms with Gasteiger partial charge in [-0.3, -0.25) is 4.99 Å². The molecular weight excluding hydrogens is 214 g/mol. The van der Waals surface area contributed by atoms with E-state index in [9.17, 15) is 0 Å². The van der Waals surface area contributed by atoms with Gasteiger partial charge in [-0.15, -0.1) is 0 Å². The molecule has 76 valence electrons. The van der Waals surface area contributed by atoms with Crippen molar-refractivity contribution in [3.63, 3.8) is 0 Å². The van der Waals surface area contributed by atoms with Gasteiger partial charge in [0.25, 0.3) is 0 Å². The number of nitrogens with one attached hydrogen (secondary N) is 1. The summed E-state index contributed by atoms with van der Waals surface area (Å²) in [4.78, 5) is 8.35. The number of rotatable bonds is 5. The Balaban J connectivity index is 2.14. The molecular formula is C9H13N3S2. The van der Waals surface area contributed by atoms with E-state index in [-0.39, 0.29) is 5.50 Å². The fraction of sp³-hybridized carbons (Fsp3) is 0.333. The smallest absolute Gasteiger partial charge is 0.176 e. The van der Waals surface area contributed by atoms with E-state index in [2.05, 4.69) is 28.8 Å². The van der Waals surface area contributed by atoms with Gasteiger partial charge in [-0.2, -0.15) is 0 Å². The van der Waals surface area contributed by atoms with Crippen LogP contribution in [0.15, 0.2) is 34.9 Å². The minimum absolute atomic E-state index is 0.143. The first-order valence-corrected chi connectivity index (χ1v) is 6.21. The first-order valence-electron chi connectivity index (χ1n) is 4.28. The summed E-state index contributed by atoms with van der Waals surface area (Å²) >= 11 is 3.28. The van der Waals surface area contributed by atoms with E-state index in [0.717, 1.165) is 10.9 Å². The lowest BCUT2D eigenvalue weighted by atomic mass is 10.6. The fourth-order valence-electron chi connectivity index (χ4n) is 0.734. The van der Waals surface area contributed by atoms with Crippen molar-refractivity contribution in [3.8, 4) is 0 Å². The van der Waals surface area contributed by atoms with Crippen LogP contribution in [0, 0.1) is 0 Å². The predicted octanol–water partition coefficient (Wildman–Crippen LogP) is 2.44. The average molecular weight is 227 g/mol. The quantitative estimate of drug-likeness (QED) is 0.445. The number of nitrogens with zero attached hydrogens (tertiary/aromatic N) is 2. The highest BCUT2D eigenvalue weighted by Crippen LogP contribution is 2.18. The van der Waals surface area contributed by atoms with Crippen molar-refractivity contribution in [1.29, 1.82) is 0 Å². The second-order valence-corrected chi connectivity index (χ2v) is 4.51. The maximum absolute atomic E-state index is 4.32. The second-order valence-electron chi connectivity index (χ2n) is 2.33. The maximum atomic E-state index is 4.32. The summed E-state index contributed by atoms with van der Waals surface area (Å²) in [5.74, 6) is 1.05. The third kappa shape index (κ3) is 4.02. The lowest BCUT2D eigenvalue weighted by molar-refractivity contribution is 0.796. The molecule has 1 N–H and O–H groups in total. The van der Waals surface area contributed by atoms with Crippen LogP contribution < -0.4 is 5.32 Å². The van der Waals surface area contributed by atoms with Crippen LogP contribution in [0.4, 0.5) is 0 Å². The Morgan fingerprint density at radius 1 is 1.71 bits per heavy atom. The van der Waals surface area contributed by atoms with Gasteiger partial charge in [-0.05, 0) is 11.8 Å². The summed E-state index contributed by atoms with van der Waals surface area (Å²) < 4.78 is 0. The zero-order valence-corrected chi connectivity index (χ0v) is 9.64. The van der Waals surface area contributed by atoms with Crippen LogP contribution in [0.5, 0.6) is 0 Å². The van der Waals surface area contributed by atoms with Crippen LogP contribution in [0.3, 0.4) is 0 Å². The summed E-state index contributed by atoms with van der Waals surface area (Å²) in [6, 6.07) is 0. The van der Waals surface area contributed by atoms with E-state index < -0.39 is 0 Å². The van der Waals surface area contributed by atoms with Gasteiger partial charge in [-0.1, -0.05) is 43.1 Å². The Labute approximate surface area is 92.9 Å². The number of thioether (sulfide) groups is 2. The Bertz CT molecular complexity index is 271. The van der Waals surface area contributed by atoms with Crippen molar-refractivity contribution in [3.05, 3.63) is 24.9 Å². The summed E-state index contributed by atoms with van der Waals surface area (Å²) in [6.07, 6.45) is 5.18. The molecule has 5 heteroatoms. The highest BCUT2D eigenvalue weighted by atomic mass is 32.2. The topological polar surface area (TPSA) is 36.8 Å². The minimum Gasteiger partial charge on any atom is -0.334 e. The Hall–Kier alpha value is -0.680. The molecule has 0 bridgehead atoms. The molecule has 0 aromatic heterocycles. The standard InChI is InChI=1S/C9H13N3S2/c1-3-5-6-10-7-14-9-11-8(12-9)13-4-2/h3,5-7,9H,1,4H2,2H3,(H,11,12)/b6-5+,10-7?. The van der Waals surface area contributed by atoms with Gasteiger partial charge < -0.3 is 5.32 Å². The largest absolute Gasteiger partial charge is 0.334 e. The Kier molecular flexibility index (Phi) is 5.47. The molecule has 1 aliphatic rings. The summed E-state index contributed by atoms with van der Waals surface area (Å²) in [5, 5.41) is 4.24. The van der Waals surface area contributed by atoms with Gasteiger partial charge in [0, 0.05) is 6.20 Å². The van der Waals surface area contributed by atoms with Crippen LogP contribution in [-0.4, -0.2) is 22.0 Å². The number of allylic oxidation sites excluding steroid dienone is 2. The first-order chi connectivity index (χ1) is 6.86. The van der Waals surface area contributed by atoms with Gasteiger partial charge in [0.05, 0.1) is 5.55 Å². The SMILES string of the molecule is C=C/C=C/N=CSC1N=C(SCC)N1. The van der Waals surface area contributed by atoms with Crippen molar-refractivity contribution in [1.82, 2.24) is 5.32 Å². The normalized spacial score (nSPS) is 20.6. The second kappa shape index (κ2) is 6.73. The molecule has 0 spiro atoms. The molecule has 0 aromatic carbocycles. The van der Waals surface area contributed by atoms with E-state index in [1.54, 1.807) is 47.4 Å². The average Bonchev–Trinajstić information content (AvgIpc) is 2.13. The zero-order chi connectivity index (χ0) is 10.2. The summed E-state index contributed by atoms with van der Waals surface area (Å²) in [5.41, 5.74) is 1.92. The Morgan fingerprint density at radius 3 is 3.14 bits per heavy atom. The Morgan fingerprint density at radius 2 is 2.50 bits per heavy atom. The van der Waals surface area contributed by atoms with E-state index >= 15 is 0 Å². The summed E-state index contributed by atoms with van der Waals surface area (Å²) in [7, 11) is 0. The lowest BCUT2D eigenvalue weighted by Gasteiger charge is -2.23. The van der Waals surface area contributed by atoms with Gasteiger partial charge in [0.1, 0.15) is 0 Å². The van der Waals surface area contributed by atoms with Crippen LogP contribution in [-0.2, 0) is 0 Å². The molecule has 0 fully saturated rings. The van der Waals surface area contributed by atoms with Crippen LogP contribution in [0.1, 0.15) is 6.92 Å². The van der Waals surface area contributed by atoms with E-state index in [1.165, 1.54) is 0 Å². The molecule has 14 heavy (non-hydrogen) atoms. The van der Waals surface area contributed by atoms with E-state index in [0.29, 0.717) is 0 Å². The van der Waals surface area contributed by atoms with Gasteiger partial charge in [0.2, 0.25) is 0 Å². The molecule has 0 aromatic rings. The zero-order valence-electron chi connectivity index (χ0n) is 8.01. The maximum Gasteiger partial charge on any atom is 0.176 e. The van der Waals surface area contributed by atoms with Crippen LogP contribution in [0.2, 0.25) is 0 Å². The predicted molar refractivity (Wildman–Crippen MR) is 67.9 cm³/mol. The van der Waals surface area contributed by atoms with Crippen molar-refractivity contribution >= 4 is 34.2 Å². The van der Waals surface area contributed by atoms with Crippen molar-refractivity contribution < 1.29 is 0 Å². The third-order valence-electron chi connectivity index (χ3n) is 1.32. The molecule has 0 saturated carbocycles. The molecule has 1 unspecified atom stereocenters. The molecule has 1 rings (SSSR count). The van der Waals surface area contributed by atoms with Crippen molar-refractivity contribution in [2.24, 2.45) is 9.98 Å². The van der Waals surface area contributed by atoms with E-state index in [1.807, 2.05) is 0 Å². The van der Waals surface area contributed by atoms with Gasteiger partial charge in [-0.25, -0.2) is 4.99 Å². The van der Waals surface area contributed by atoms with E-state index in [4.69, 9.17) is 0 Å².